The highest BCUT2D eigenvalue weighted by molar-refractivity contribution is 7.10. The number of hydrogen-bond acceptors (Lipinski definition) is 3. The second kappa shape index (κ2) is 3.17. The maximum Gasteiger partial charge on any atom is 0.145 e. The Hall–Kier alpha value is -0.380. The lowest BCUT2D eigenvalue weighted by molar-refractivity contribution is -0.0441. The first-order valence-electron chi connectivity index (χ1n) is 4.13. The highest BCUT2D eigenvalue weighted by Crippen LogP contribution is 2.32. The van der Waals surface area contributed by atoms with Crippen LogP contribution in [0.1, 0.15) is 16.7 Å². The number of hydrogen-bond donors (Lipinski definition) is 0. The van der Waals surface area contributed by atoms with E-state index in [-0.39, 0.29) is 6.23 Å². The Bertz CT molecular complexity index is 269. The van der Waals surface area contributed by atoms with Crippen LogP contribution >= 0.6 is 11.3 Å². The summed E-state index contributed by atoms with van der Waals surface area (Å²) < 4.78 is 5.66. The first-order valence-corrected chi connectivity index (χ1v) is 5.01. The van der Waals surface area contributed by atoms with Gasteiger partial charge in [-0.3, -0.25) is 4.90 Å². The fourth-order valence-corrected chi connectivity index (χ4v) is 2.61. The van der Waals surface area contributed by atoms with Gasteiger partial charge in [0.25, 0.3) is 0 Å². The van der Waals surface area contributed by atoms with Crippen molar-refractivity contribution >= 4 is 11.3 Å². The molecule has 1 unspecified atom stereocenters. The van der Waals surface area contributed by atoms with Gasteiger partial charge >= 0.3 is 0 Å². The summed E-state index contributed by atoms with van der Waals surface area (Å²) >= 11 is 1.80. The van der Waals surface area contributed by atoms with Crippen molar-refractivity contribution in [3.8, 4) is 0 Å². The minimum Gasteiger partial charge on any atom is -0.358 e. The lowest BCUT2D eigenvalue weighted by Crippen LogP contribution is -2.26. The molecule has 1 aromatic heterocycles. The van der Waals surface area contributed by atoms with Crippen LogP contribution in [0.25, 0.3) is 0 Å². The topological polar surface area (TPSA) is 12.5 Å². The molecule has 0 saturated heterocycles. The van der Waals surface area contributed by atoms with Crippen LogP contribution in [0.4, 0.5) is 0 Å². The summed E-state index contributed by atoms with van der Waals surface area (Å²) in [6, 6.07) is 2.21. The first kappa shape index (κ1) is 8.23. The van der Waals surface area contributed by atoms with Gasteiger partial charge in [0.1, 0.15) is 6.23 Å². The molecular formula is C9H13NOS. The van der Waals surface area contributed by atoms with E-state index in [2.05, 4.69) is 30.4 Å². The lowest BCUT2D eigenvalue weighted by Gasteiger charge is -2.28. The van der Waals surface area contributed by atoms with Crippen LogP contribution in [-0.4, -0.2) is 25.6 Å². The summed E-state index contributed by atoms with van der Waals surface area (Å²) in [5, 5.41) is 2.15. The van der Waals surface area contributed by atoms with E-state index in [4.69, 9.17) is 4.74 Å². The maximum atomic E-state index is 5.66. The van der Waals surface area contributed by atoms with Crippen molar-refractivity contribution < 1.29 is 4.74 Å². The molecule has 0 aliphatic carbocycles. The molecule has 1 aliphatic rings. The Morgan fingerprint density at radius 2 is 2.42 bits per heavy atom. The molecule has 12 heavy (non-hydrogen) atoms. The second-order valence-corrected chi connectivity index (χ2v) is 4.19. The van der Waals surface area contributed by atoms with Gasteiger partial charge in [-0.25, -0.2) is 0 Å². The van der Waals surface area contributed by atoms with Crippen molar-refractivity contribution in [2.45, 2.75) is 12.6 Å². The van der Waals surface area contributed by atoms with E-state index in [9.17, 15) is 0 Å². The third-order valence-electron chi connectivity index (χ3n) is 2.12. The highest BCUT2D eigenvalue weighted by atomic mass is 32.1. The largest absolute Gasteiger partial charge is 0.358 e. The Labute approximate surface area is 76.8 Å². The van der Waals surface area contributed by atoms with Crippen molar-refractivity contribution in [2.75, 3.05) is 20.7 Å². The summed E-state index contributed by atoms with van der Waals surface area (Å²) in [4.78, 5) is 3.50. The minimum atomic E-state index is 0.189. The Kier molecular flexibility index (Phi) is 2.17. The van der Waals surface area contributed by atoms with Crippen LogP contribution in [0.2, 0.25) is 0 Å². The molecule has 0 saturated carbocycles. The van der Waals surface area contributed by atoms with Gasteiger partial charge in [-0.2, -0.15) is 0 Å². The zero-order valence-electron chi connectivity index (χ0n) is 7.41. The van der Waals surface area contributed by atoms with Crippen molar-refractivity contribution in [1.82, 2.24) is 4.90 Å². The zero-order chi connectivity index (χ0) is 8.55. The van der Waals surface area contributed by atoms with Crippen molar-refractivity contribution in [1.29, 1.82) is 0 Å². The number of ether oxygens (including phenoxy) is 1. The molecule has 0 amide bonds. The van der Waals surface area contributed by atoms with Gasteiger partial charge in [0.2, 0.25) is 0 Å². The quantitative estimate of drug-likeness (QED) is 0.659. The number of fused-ring (bicyclic) bond motifs is 1. The molecule has 0 spiro atoms. The summed E-state index contributed by atoms with van der Waals surface area (Å²) in [7, 11) is 4.11. The van der Waals surface area contributed by atoms with E-state index in [0.717, 1.165) is 13.0 Å². The van der Waals surface area contributed by atoms with Crippen LogP contribution in [0.5, 0.6) is 0 Å². The Morgan fingerprint density at radius 3 is 3.17 bits per heavy atom. The molecule has 0 fully saturated rings. The smallest absolute Gasteiger partial charge is 0.145 e. The molecule has 1 atom stereocenters. The maximum absolute atomic E-state index is 5.66. The summed E-state index contributed by atoms with van der Waals surface area (Å²) in [5.41, 5.74) is 1.46. The normalized spacial score (nSPS) is 22.8. The molecule has 2 nitrogen and oxygen atoms in total. The molecule has 2 rings (SSSR count). The summed E-state index contributed by atoms with van der Waals surface area (Å²) in [5.74, 6) is 0. The van der Waals surface area contributed by atoms with Crippen LogP contribution in [0.3, 0.4) is 0 Å². The van der Waals surface area contributed by atoms with E-state index < -0.39 is 0 Å². The molecule has 0 aromatic carbocycles. The van der Waals surface area contributed by atoms with Crippen molar-refractivity contribution in [3.05, 3.63) is 21.9 Å². The molecule has 0 N–H and O–H groups in total. The fraction of sp³-hybridized carbons (Fsp3) is 0.556. The van der Waals surface area contributed by atoms with Gasteiger partial charge in [0.05, 0.1) is 11.5 Å². The van der Waals surface area contributed by atoms with E-state index in [0.29, 0.717) is 0 Å². The van der Waals surface area contributed by atoms with Crippen LogP contribution in [0.15, 0.2) is 11.4 Å². The average Bonchev–Trinajstić information content (AvgIpc) is 2.49. The van der Waals surface area contributed by atoms with Crippen molar-refractivity contribution in [2.24, 2.45) is 0 Å². The molecule has 1 aliphatic heterocycles. The molecule has 66 valence electrons. The number of rotatable bonds is 1. The average molecular weight is 183 g/mol. The Morgan fingerprint density at radius 1 is 1.58 bits per heavy atom. The monoisotopic (exact) mass is 183 g/mol. The molecule has 0 bridgehead atoms. The SMILES string of the molecule is CN(C)C1OCCc2ccsc21. The van der Waals surface area contributed by atoms with Gasteiger partial charge in [-0.05, 0) is 37.5 Å². The third kappa shape index (κ3) is 1.28. The van der Waals surface area contributed by atoms with Gasteiger partial charge in [0, 0.05) is 0 Å². The van der Waals surface area contributed by atoms with E-state index in [1.54, 1.807) is 11.3 Å². The third-order valence-corrected chi connectivity index (χ3v) is 3.11. The van der Waals surface area contributed by atoms with Gasteiger partial charge < -0.3 is 4.74 Å². The Balaban J connectivity index is 2.31. The number of nitrogens with zero attached hydrogens (tertiary/aromatic N) is 1. The van der Waals surface area contributed by atoms with Gasteiger partial charge in [-0.1, -0.05) is 0 Å². The summed E-state index contributed by atoms with van der Waals surface area (Å²) in [6.45, 7) is 0.854. The molecular weight excluding hydrogens is 170 g/mol. The highest BCUT2D eigenvalue weighted by Gasteiger charge is 2.23. The second-order valence-electron chi connectivity index (χ2n) is 3.25. The van der Waals surface area contributed by atoms with E-state index >= 15 is 0 Å². The predicted octanol–water partition coefficient (Wildman–Crippen LogP) is 1.88. The molecule has 2 heterocycles. The van der Waals surface area contributed by atoms with E-state index in [1.807, 2.05) is 0 Å². The minimum absolute atomic E-state index is 0.189. The fourth-order valence-electron chi connectivity index (χ4n) is 1.51. The molecule has 0 radical (unpaired) electrons. The standard InChI is InChI=1S/C9H13NOS/c1-10(2)9-8-7(3-5-11-9)4-6-12-8/h4,6,9H,3,5H2,1-2H3. The van der Waals surface area contributed by atoms with Gasteiger partial charge in [0.15, 0.2) is 0 Å². The molecule has 1 aromatic rings. The van der Waals surface area contributed by atoms with Crippen molar-refractivity contribution in [3.63, 3.8) is 0 Å². The number of thiophene rings is 1. The van der Waals surface area contributed by atoms with Gasteiger partial charge in [-0.15, -0.1) is 11.3 Å². The van der Waals surface area contributed by atoms with Crippen LogP contribution < -0.4 is 0 Å². The van der Waals surface area contributed by atoms with Crippen LogP contribution in [-0.2, 0) is 11.2 Å². The first-order chi connectivity index (χ1) is 5.79. The van der Waals surface area contributed by atoms with Crippen LogP contribution in [0, 0.1) is 0 Å². The lowest BCUT2D eigenvalue weighted by atomic mass is 10.1. The summed E-state index contributed by atoms with van der Waals surface area (Å²) in [6.07, 6.45) is 1.26. The zero-order valence-corrected chi connectivity index (χ0v) is 8.23. The van der Waals surface area contributed by atoms with E-state index in [1.165, 1.54) is 10.4 Å². The molecule has 3 heteroatoms. The predicted molar refractivity (Wildman–Crippen MR) is 50.4 cm³/mol.